The van der Waals surface area contributed by atoms with E-state index in [-0.39, 0.29) is 34.2 Å². The first-order valence-corrected chi connectivity index (χ1v) is 14.1. The predicted molar refractivity (Wildman–Crippen MR) is 146 cm³/mol. The van der Waals surface area contributed by atoms with E-state index in [9.17, 15) is 19.2 Å². The molecule has 2 heterocycles. The molecule has 0 aromatic heterocycles. The molecule has 2 atom stereocenters. The van der Waals surface area contributed by atoms with E-state index in [1.807, 2.05) is 0 Å². The van der Waals surface area contributed by atoms with Gasteiger partial charge in [-0.1, -0.05) is 47.5 Å². The van der Waals surface area contributed by atoms with Crippen LogP contribution in [0.4, 0.5) is 0 Å². The third-order valence-corrected chi connectivity index (χ3v) is 8.72. The number of Topliss-reactive ketones (excluding diaryl/α,β-unsaturated/α-hetero) is 4. The van der Waals surface area contributed by atoms with Gasteiger partial charge in [-0.2, -0.15) is 0 Å². The van der Waals surface area contributed by atoms with E-state index in [0.717, 1.165) is 0 Å². The number of carbonyl (C=O) groups excluding carboxylic acids is 4. The van der Waals surface area contributed by atoms with Crippen LogP contribution in [-0.2, 0) is 28.7 Å². The number of allylic oxidation sites excluding steroid dienone is 6. The fourth-order valence-corrected chi connectivity index (χ4v) is 6.71. The van der Waals surface area contributed by atoms with Gasteiger partial charge in [0.15, 0.2) is 23.1 Å². The van der Waals surface area contributed by atoms with Gasteiger partial charge in [0.05, 0.1) is 11.1 Å². The van der Waals surface area contributed by atoms with Crippen molar-refractivity contribution in [3.05, 3.63) is 115 Å². The molecule has 0 bridgehead atoms. The van der Waals surface area contributed by atoms with Crippen LogP contribution in [0.3, 0.4) is 0 Å². The Bertz CT molecular complexity index is 1540. The second-order valence-corrected chi connectivity index (χ2v) is 11.4. The molecule has 8 heteroatoms. The molecule has 0 saturated carbocycles. The highest BCUT2D eigenvalue weighted by Crippen LogP contribution is 2.53. The number of ether oxygens (including phenoxy) is 2. The molecule has 0 radical (unpaired) electrons. The second-order valence-electron chi connectivity index (χ2n) is 10.5. The standard InChI is InChI=1S/C32H22Cl2O6/c33-17-11-7-15(8-12-17)23-25-19(35)3-1-5-21(25)39-31-27(23)30(38)32-28(29(31)37)24(16-9-13-18(34)14-10-16)26-20(36)4-2-6-22(26)40-32/h7-14,23-24H,1-6H2. The zero-order valence-electron chi connectivity index (χ0n) is 21.2. The average Bonchev–Trinajstić information content (AvgIpc) is 2.95. The molecule has 0 saturated heterocycles. The summed E-state index contributed by atoms with van der Waals surface area (Å²) in [6, 6.07) is 13.8. The molecule has 0 fully saturated rings. The Kier molecular flexibility index (Phi) is 5.95. The first-order valence-electron chi connectivity index (χ1n) is 13.3. The minimum Gasteiger partial charge on any atom is -0.457 e. The molecule has 2 aliphatic heterocycles. The van der Waals surface area contributed by atoms with Gasteiger partial charge >= 0.3 is 0 Å². The van der Waals surface area contributed by atoms with E-state index >= 15 is 0 Å². The number of rotatable bonds is 2. The van der Waals surface area contributed by atoms with Gasteiger partial charge in [0.25, 0.3) is 0 Å². The van der Waals surface area contributed by atoms with Crippen molar-refractivity contribution in [3.8, 4) is 0 Å². The number of halogens is 2. The lowest BCUT2D eigenvalue weighted by molar-refractivity contribution is -0.123. The van der Waals surface area contributed by atoms with Crippen LogP contribution in [0.15, 0.2) is 93.9 Å². The molecule has 5 aliphatic rings. The van der Waals surface area contributed by atoms with E-state index in [1.54, 1.807) is 48.5 Å². The fourth-order valence-electron chi connectivity index (χ4n) is 6.46. The van der Waals surface area contributed by atoms with Crippen LogP contribution in [0.2, 0.25) is 10.0 Å². The summed E-state index contributed by atoms with van der Waals surface area (Å²) in [4.78, 5) is 55.3. The lowest BCUT2D eigenvalue weighted by Crippen LogP contribution is -2.39. The highest BCUT2D eigenvalue weighted by Gasteiger charge is 2.52. The lowest BCUT2D eigenvalue weighted by Gasteiger charge is -2.40. The van der Waals surface area contributed by atoms with Crippen LogP contribution < -0.4 is 0 Å². The average molecular weight is 573 g/mol. The predicted octanol–water partition coefficient (Wildman–Crippen LogP) is 6.60. The summed E-state index contributed by atoms with van der Waals surface area (Å²) in [6.07, 6.45) is 2.79. The smallest absolute Gasteiger partial charge is 0.229 e. The van der Waals surface area contributed by atoms with Crippen molar-refractivity contribution >= 4 is 46.3 Å². The maximum absolute atomic E-state index is 14.4. The number of ketones is 4. The molecular formula is C32H22Cl2O6. The third kappa shape index (κ3) is 3.77. The fraction of sp³-hybridized carbons (Fsp3) is 0.250. The first-order chi connectivity index (χ1) is 19.3. The largest absolute Gasteiger partial charge is 0.457 e. The minimum atomic E-state index is -0.796. The molecule has 2 aromatic rings. The highest BCUT2D eigenvalue weighted by atomic mass is 35.5. The van der Waals surface area contributed by atoms with Crippen LogP contribution in [0, 0.1) is 0 Å². The van der Waals surface area contributed by atoms with E-state index < -0.39 is 23.4 Å². The van der Waals surface area contributed by atoms with Crippen LogP contribution in [-0.4, -0.2) is 23.1 Å². The number of hydrogen-bond acceptors (Lipinski definition) is 6. The topological polar surface area (TPSA) is 86.7 Å². The summed E-state index contributed by atoms with van der Waals surface area (Å²) in [5.74, 6) is -2.23. The Balaban J connectivity index is 1.43. The van der Waals surface area contributed by atoms with E-state index in [4.69, 9.17) is 32.7 Å². The summed E-state index contributed by atoms with van der Waals surface area (Å²) in [6.45, 7) is 0. The van der Waals surface area contributed by atoms with Gasteiger partial charge in [0, 0.05) is 58.7 Å². The number of carbonyl (C=O) groups is 4. The molecule has 2 aromatic carbocycles. The molecule has 0 amide bonds. The van der Waals surface area contributed by atoms with Crippen LogP contribution in [0.1, 0.15) is 61.5 Å². The monoisotopic (exact) mass is 572 g/mol. The van der Waals surface area contributed by atoms with Gasteiger partial charge in [-0.05, 0) is 48.2 Å². The van der Waals surface area contributed by atoms with Crippen molar-refractivity contribution in [1.82, 2.24) is 0 Å². The highest BCUT2D eigenvalue weighted by molar-refractivity contribution is 6.31. The SMILES string of the molecule is O=C1CCCC2=C1C(c1ccc(Cl)cc1)C1=C(O2)C(=O)C2=C(OC3=C(C(=O)CCC3)C2c2ccc(Cl)cc2)C1=O. The Labute approximate surface area is 239 Å². The molecule has 3 aliphatic carbocycles. The Morgan fingerprint density at radius 3 is 1.27 bits per heavy atom. The van der Waals surface area contributed by atoms with E-state index in [1.165, 1.54) is 0 Å². The normalized spacial score (nSPS) is 24.4. The van der Waals surface area contributed by atoms with Crippen molar-refractivity contribution in [2.24, 2.45) is 0 Å². The van der Waals surface area contributed by atoms with Crippen molar-refractivity contribution in [2.75, 3.05) is 0 Å². The third-order valence-electron chi connectivity index (χ3n) is 8.22. The van der Waals surface area contributed by atoms with E-state index in [2.05, 4.69) is 0 Å². The number of benzene rings is 2. The van der Waals surface area contributed by atoms with Crippen molar-refractivity contribution < 1.29 is 28.7 Å². The summed E-state index contributed by atoms with van der Waals surface area (Å²) < 4.78 is 12.3. The summed E-state index contributed by atoms with van der Waals surface area (Å²) in [5, 5.41) is 1.01. The lowest BCUT2D eigenvalue weighted by atomic mass is 9.69. The van der Waals surface area contributed by atoms with Gasteiger partial charge < -0.3 is 9.47 Å². The zero-order valence-corrected chi connectivity index (χ0v) is 22.7. The molecular weight excluding hydrogens is 551 g/mol. The molecule has 0 N–H and O–H groups in total. The van der Waals surface area contributed by atoms with Crippen LogP contribution in [0.5, 0.6) is 0 Å². The Morgan fingerprint density at radius 2 is 0.900 bits per heavy atom. The van der Waals surface area contributed by atoms with Gasteiger partial charge in [0.2, 0.25) is 11.6 Å². The maximum atomic E-state index is 14.4. The first kappa shape index (κ1) is 25.2. The summed E-state index contributed by atoms with van der Waals surface area (Å²) in [5.41, 5.74) is 2.28. The molecule has 200 valence electrons. The number of hydrogen-bond donors (Lipinski definition) is 0. The van der Waals surface area contributed by atoms with Crippen LogP contribution in [0.25, 0.3) is 0 Å². The van der Waals surface area contributed by atoms with Gasteiger partial charge in [-0.15, -0.1) is 0 Å². The minimum absolute atomic E-state index is 0.0844. The molecule has 6 nitrogen and oxygen atoms in total. The maximum Gasteiger partial charge on any atom is 0.229 e. The van der Waals surface area contributed by atoms with Crippen molar-refractivity contribution in [3.63, 3.8) is 0 Å². The van der Waals surface area contributed by atoms with Crippen molar-refractivity contribution in [2.45, 2.75) is 50.4 Å². The van der Waals surface area contributed by atoms with Gasteiger partial charge in [-0.25, -0.2) is 0 Å². The molecule has 7 rings (SSSR count). The van der Waals surface area contributed by atoms with Crippen molar-refractivity contribution in [1.29, 1.82) is 0 Å². The van der Waals surface area contributed by atoms with Gasteiger partial charge in [-0.3, -0.25) is 19.2 Å². The summed E-state index contributed by atoms with van der Waals surface area (Å²) in [7, 11) is 0. The summed E-state index contributed by atoms with van der Waals surface area (Å²) >= 11 is 12.3. The van der Waals surface area contributed by atoms with E-state index in [0.29, 0.717) is 82.4 Å². The van der Waals surface area contributed by atoms with Crippen LogP contribution >= 0.6 is 23.2 Å². The molecule has 40 heavy (non-hydrogen) atoms. The quantitative estimate of drug-likeness (QED) is 0.377. The molecule has 0 spiro atoms. The zero-order chi connectivity index (χ0) is 27.7. The molecule has 2 unspecified atom stereocenters. The van der Waals surface area contributed by atoms with Gasteiger partial charge in [0.1, 0.15) is 11.5 Å². The Hall–Kier alpha value is -3.74. The Morgan fingerprint density at radius 1 is 0.525 bits per heavy atom. The second kappa shape index (κ2) is 9.43.